The molecule has 0 saturated heterocycles. The minimum Gasteiger partial charge on any atom is -0.355 e. The Labute approximate surface area is 155 Å². The van der Waals surface area contributed by atoms with Crippen LogP contribution in [0.3, 0.4) is 0 Å². The molecule has 3 N–H and O–H groups in total. The molecular weight excluding hydrogens is 359 g/mol. The van der Waals surface area contributed by atoms with E-state index < -0.39 is 17.6 Å². The van der Waals surface area contributed by atoms with Gasteiger partial charge in [0.05, 0.1) is 5.56 Å². The Kier molecular flexibility index (Phi) is 7.27. The third kappa shape index (κ3) is 6.69. The summed E-state index contributed by atoms with van der Waals surface area (Å²) in [5.74, 6) is 0.173. The van der Waals surface area contributed by atoms with Gasteiger partial charge in [-0.1, -0.05) is 0 Å². The van der Waals surface area contributed by atoms with Gasteiger partial charge < -0.3 is 20.5 Å². The van der Waals surface area contributed by atoms with Gasteiger partial charge in [-0.2, -0.15) is 13.2 Å². The van der Waals surface area contributed by atoms with Gasteiger partial charge in [0.2, 0.25) is 0 Å². The zero-order valence-electron chi connectivity index (χ0n) is 14.9. The molecule has 2 aromatic rings. The number of alkyl halides is 3. The molecule has 9 heteroatoms. The molecule has 6 nitrogen and oxygen atoms in total. The molecule has 1 aromatic carbocycles. The van der Waals surface area contributed by atoms with E-state index in [-0.39, 0.29) is 5.56 Å². The summed E-state index contributed by atoms with van der Waals surface area (Å²) in [5, 5.41) is 8.84. The maximum absolute atomic E-state index is 12.5. The monoisotopic (exact) mass is 381 g/mol. The van der Waals surface area contributed by atoms with Crippen LogP contribution in [0.2, 0.25) is 0 Å². The van der Waals surface area contributed by atoms with Crippen molar-refractivity contribution in [2.24, 2.45) is 4.99 Å². The van der Waals surface area contributed by atoms with E-state index in [0.717, 1.165) is 30.8 Å². The lowest BCUT2D eigenvalue weighted by atomic mass is 10.1. The summed E-state index contributed by atoms with van der Waals surface area (Å²) in [6.07, 6.45) is -0.480. The second-order valence-electron chi connectivity index (χ2n) is 5.68. The highest BCUT2D eigenvalue weighted by molar-refractivity contribution is 5.94. The number of guanidine groups is 1. The first kappa shape index (κ1) is 20.3. The fourth-order valence-electron chi connectivity index (χ4n) is 2.31. The summed E-state index contributed by atoms with van der Waals surface area (Å²) in [4.78, 5) is 16.0. The molecule has 1 amide bonds. The minimum atomic E-state index is -4.41. The lowest BCUT2D eigenvalue weighted by Crippen LogP contribution is -2.42. The van der Waals surface area contributed by atoms with Crippen molar-refractivity contribution >= 4 is 11.9 Å². The van der Waals surface area contributed by atoms with Crippen molar-refractivity contribution in [3.63, 3.8) is 0 Å². The van der Waals surface area contributed by atoms with Crippen molar-refractivity contribution < 1.29 is 18.0 Å². The Balaban J connectivity index is 1.68. The number of amides is 1. The predicted molar refractivity (Wildman–Crippen MR) is 97.6 cm³/mol. The van der Waals surface area contributed by atoms with E-state index >= 15 is 0 Å². The van der Waals surface area contributed by atoms with Gasteiger partial charge in [0.1, 0.15) is 0 Å². The molecule has 0 atom stereocenters. The number of aliphatic imine (C=N–C) groups is 1. The van der Waals surface area contributed by atoms with E-state index in [2.05, 4.69) is 20.9 Å². The van der Waals surface area contributed by atoms with Crippen LogP contribution in [0.15, 0.2) is 53.8 Å². The van der Waals surface area contributed by atoms with Crippen LogP contribution in [0, 0.1) is 0 Å². The van der Waals surface area contributed by atoms with E-state index in [1.165, 1.54) is 0 Å². The van der Waals surface area contributed by atoms with Crippen LogP contribution < -0.4 is 16.0 Å². The molecule has 0 spiro atoms. The second kappa shape index (κ2) is 9.65. The first-order valence-electron chi connectivity index (χ1n) is 8.41. The van der Waals surface area contributed by atoms with E-state index in [1.807, 2.05) is 29.1 Å². The van der Waals surface area contributed by atoms with Crippen LogP contribution in [-0.4, -0.2) is 43.1 Å². The highest BCUT2D eigenvalue weighted by Gasteiger charge is 2.30. The van der Waals surface area contributed by atoms with E-state index in [9.17, 15) is 18.0 Å². The number of nitrogens with zero attached hydrogens (tertiary/aromatic N) is 2. The van der Waals surface area contributed by atoms with E-state index in [4.69, 9.17) is 0 Å². The minimum absolute atomic E-state index is 0.178. The zero-order chi connectivity index (χ0) is 19.7. The summed E-state index contributed by atoms with van der Waals surface area (Å²) in [6.45, 7) is 2.21. The maximum Gasteiger partial charge on any atom is 0.416 e. The van der Waals surface area contributed by atoms with Crippen molar-refractivity contribution in [1.82, 2.24) is 20.5 Å². The zero-order valence-corrected chi connectivity index (χ0v) is 14.9. The average Bonchev–Trinajstić information content (AvgIpc) is 3.16. The largest absolute Gasteiger partial charge is 0.416 e. The van der Waals surface area contributed by atoms with Crippen LogP contribution in [0.25, 0.3) is 0 Å². The van der Waals surface area contributed by atoms with Crippen LogP contribution in [0.1, 0.15) is 15.9 Å². The Morgan fingerprint density at radius 3 is 2.19 bits per heavy atom. The number of carbonyl (C=O) groups is 1. The molecule has 2 rings (SSSR count). The number of hydrogen-bond acceptors (Lipinski definition) is 2. The molecule has 0 saturated carbocycles. The first-order chi connectivity index (χ1) is 12.9. The SMILES string of the molecule is CN=C(NCCNC(=O)c1ccc(C(F)(F)F)cc1)NCCn1cccc1. The van der Waals surface area contributed by atoms with Gasteiger partial charge in [0, 0.05) is 51.2 Å². The number of carbonyl (C=O) groups excluding carboxylic acids is 1. The van der Waals surface area contributed by atoms with Gasteiger partial charge in [0.25, 0.3) is 5.91 Å². The van der Waals surface area contributed by atoms with Gasteiger partial charge in [-0.25, -0.2) is 0 Å². The Morgan fingerprint density at radius 1 is 1.00 bits per heavy atom. The Bertz CT molecular complexity index is 739. The number of benzene rings is 1. The standard InChI is InChI=1S/C18H22F3N5O/c1-22-17(25-10-13-26-11-2-3-12-26)24-9-8-23-16(27)14-4-6-15(7-5-14)18(19,20)21/h2-7,11-12H,8-10,13H2,1H3,(H,23,27)(H2,22,24,25). The highest BCUT2D eigenvalue weighted by Crippen LogP contribution is 2.28. The number of aromatic nitrogens is 1. The summed E-state index contributed by atoms with van der Waals surface area (Å²) in [7, 11) is 1.64. The average molecular weight is 381 g/mol. The highest BCUT2D eigenvalue weighted by atomic mass is 19.4. The lowest BCUT2D eigenvalue weighted by Gasteiger charge is -2.13. The molecule has 146 valence electrons. The molecule has 0 fully saturated rings. The van der Waals surface area contributed by atoms with E-state index in [1.54, 1.807) is 7.05 Å². The molecule has 0 unspecified atom stereocenters. The molecular formula is C18H22F3N5O. The topological polar surface area (TPSA) is 70.4 Å². The van der Waals surface area contributed by atoms with Crippen LogP contribution in [-0.2, 0) is 12.7 Å². The molecule has 1 heterocycles. The molecule has 1 aromatic heterocycles. The number of halogens is 3. The van der Waals surface area contributed by atoms with Crippen LogP contribution in [0.5, 0.6) is 0 Å². The summed E-state index contributed by atoms with van der Waals surface area (Å²) in [5.41, 5.74) is -0.604. The Hall–Kier alpha value is -2.97. The molecule has 0 aliphatic heterocycles. The van der Waals surface area contributed by atoms with Crippen LogP contribution >= 0.6 is 0 Å². The van der Waals surface area contributed by atoms with Crippen molar-refractivity contribution in [3.05, 3.63) is 59.9 Å². The van der Waals surface area contributed by atoms with Gasteiger partial charge >= 0.3 is 6.18 Å². The normalized spacial score (nSPS) is 11.9. The van der Waals surface area contributed by atoms with Crippen molar-refractivity contribution in [1.29, 1.82) is 0 Å². The quantitative estimate of drug-likeness (QED) is 0.391. The second-order valence-corrected chi connectivity index (χ2v) is 5.68. The maximum atomic E-state index is 12.5. The molecule has 27 heavy (non-hydrogen) atoms. The number of rotatable bonds is 7. The smallest absolute Gasteiger partial charge is 0.355 e. The van der Waals surface area contributed by atoms with Gasteiger partial charge in [0.15, 0.2) is 5.96 Å². The molecule has 0 aliphatic rings. The lowest BCUT2D eigenvalue weighted by molar-refractivity contribution is -0.137. The summed E-state index contributed by atoms with van der Waals surface area (Å²) >= 11 is 0. The van der Waals surface area contributed by atoms with Crippen molar-refractivity contribution in [2.45, 2.75) is 12.7 Å². The molecule has 0 aliphatic carbocycles. The Morgan fingerprint density at radius 2 is 1.59 bits per heavy atom. The fraction of sp³-hybridized carbons (Fsp3) is 0.333. The number of hydrogen-bond donors (Lipinski definition) is 3. The number of nitrogens with one attached hydrogen (secondary N) is 3. The van der Waals surface area contributed by atoms with Gasteiger partial charge in [-0.3, -0.25) is 9.79 Å². The third-order valence-corrected chi connectivity index (χ3v) is 3.73. The van der Waals surface area contributed by atoms with Gasteiger partial charge in [-0.15, -0.1) is 0 Å². The van der Waals surface area contributed by atoms with Crippen molar-refractivity contribution in [3.8, 4) is 0 Å². The van der Waals surface area contributed by atoms with Crippen LogP contribution in [0.4, 0.5) is 13.2 Å². The third-order valence-electron chi connectivity index (χ3n) is 3.73. The predicted octanol–water partition coefficient (Wildman–Crippen LogP) is 2.10. The molecule has 0 bridgehead atoms. The molecule has 0 radical (unpaired) electrons. The van der Waals surface area contributed by atoms with Gasteiger partial charge in [-0.05, 0) is 36.4 Å². The van der Waals surface area contributed by atoms with Crippen molar-refractivity contribution in [2.75, 3.05) is 26.7 Å². The summed E-state index contributed by atoms with van der Waals surface area (Å²) in [6, 6.07) is 8.01. The first-order valence-corrected chi connectivity index (χ1v) is 8.41. The summed E-state index contributed by atoms with van der Waals surface area (Å²) < 4.78 is 39.6. The van der Waals surface area contributed by atoms with E-state index in [0.29, 0.717) is 25.6 Å². The fourth-order valence-corrected chi connectivity index (χ4v) is 2.31.